The lowest BCUT2D eigenvalue weighted by Crippen LogP contribution is -2.43. The van der Waals surface area contributed by atoms with Gasteiger partial charge in [0.05, 0.1) is 6.26 Å². The zero-order valence-corrected chi connectivity index (χ0v) is 15.6. The molecule has 1 atom stereocenters. The largest absolute Gasteiger partial charge is 0.479 e. The van der Waals surface area contributed by atoms with E-state index in [2.05, 4.69) is 12.1 Å². The summed E-state index contributed by atoms with van der Waals surface area (Å²) in [6.45, 7) is 0.405. The van der Waals surface area contributed by atoms with Crippen LogP contribution < -0.4 is 0 Å². The molecule has 0 spiro atoms. The number of carbonyl (C=O) groups is 2. The van der Waals surface area contributed by atoms with E-state index in [1.54, 1.807) is 6.07 Å². The minimum atomic E-state index is -1.10. The molecular formula is C23H19NO5. The van der Waals surface area contributed by atoms with Crippen LogP contribution in [0.25, 0.3) is 11.1 Å². The molecule has 1 unspecified atom stereocenters. The normalized spacial score (nSPS) is 17.4. The van der Waals surface area contributed by atoms with Gasteiger partial charge in [0.2, 0.25) is 0 Å². The van der Waals surface area contributed by atoms with Gasteiger partial charge in [0.25, 0.3) is 0 Å². The molecule has 146 valence electrons. The fourth-order valence-corrected chi connectivity index (χ4v) is 4.46. The van der Waals surface area contributed by atoms with E-state index in [0.717, 1.165) is 22.3 Å². The maximum absolute atomic E-state index is 12.8. The summed E-state index contributed by atoms with van der Waals surface area (Å²) in [6.07, 6.45) is 1.31. The average Bonchev–Trinajstić information content (AvgIpc) is 3.34. The van der Waals surface area contributed by atoms with Gasteiger partial charge in [0.1, 0.15) is 12.4 Å². The van der Waals surface area contributed by atoms with Crippen molar-refractivity contribution in [3.8, 4) is 11.1 Å². The summed E-state index contributed by atoms with van der Waals surface area (Å²) in [5, 5.41) is 9.67. The third kappa shape index (κ3) is 2.79. The molecule has 0 bridgehead atoms. The molecule has 1 N–H and O–H groups in total. The topological polar surface area (TPSA) is 80.0 Å². The van der Waals surface area contributed by atoms with Crippen LogP contribution in [0.5, 0.6) is 0 Å². The number of furan rings is 1. The Morgan fingerprint density at radius 1 is 1.00 bits per heavy atom. The third-order valence-corrected chi connectivity index (χ3v) is 5.77. The summed E-state index contributed by atoms with van der Waals surface area (Å²) in [6, 6.07) is 16.7. The van der Waals surface area contributed by atoms with E-state index in [0.29, 0.717) is 17.7 Å². The van der Waals surface area contributed by atoms with E-state index in [4.69, 9.17) is 9.15 Å². The zero-order valence-electron chi connectivity index (χ0n) is 15.6. The summed E-state index contributed by atoms with van der Waals surface area (Å²) in [4.78, 5) is 25.9. The second kappa shape index (κ2) is 6.81. The molecule has 0 radical (unpaired) electrons. The molecule has 6 nitrogen and oxygen atoms in total. The number of benzene rings is 2. The number of fused-ring (bicyclic) bond motifs is 4. The van der Waals surface area contributed by atoms with Crippen molar-refractivity contribution in [2.75, 3.05) is 13.2 Å². The van der Waals surface area contributed by atoms with Crippen LogP contribution in [0.4, 0.5) is 4.79 Å². The van der Waals surface area contributed by atoms with Crippen LogP contribution in [0.1, 0.15) is 34.4 Å². The van der Waals surface area contributed by atoms with Gasteiger partial charge < -0.3 is 14.3 Å². The molecule has 2 aromatic carbocycles. The van der Waals surface area contributed by atoms with Gasteiger partial charge in [-0.2, -0.15) is 0 Å². The number of aliphatic carboxylic acids is 1. The number of amides is 1. The average molecular weight is 389 g/mol. The van der Waals surface area contributed by atoms with E-state index in [-0.39, 0.29) is 19.1 Å². The fraction of sp³-hybridized carbons (Fsp3) is 0.217. The molecule has 2 heterocycles. The summed E-state index contributed by atoms with van der Waals surface area (Å²) < 4.78 is 11.0. The summed E-state index contributed by atoms with van der Waals surface area (Å²) in [5.74, 6) is -0.551. The Balaban J connectivity index is 1.38. The van der Waals surface area contributed by atoms with Crippen LogP contribution in [-0.4, -0.2) is 35.2 Å². The predicted octanol–water partition coefficient (Wildman–Crippen LogP) is 4.21. The number of carboxylic acid groups (broad SMARTS) is 1. The van der Waals surface area contributed by atoms with Crippen LogP contribution >= 0.6 is 0 Å². The molecular weight excluding hydrogens is 370 g/mol. The molecule has 3 aromatic rings. The first kappa shape index (κ1) is 17.6. The molecule has 1 aliphatic carbocycles. The van der Waals surface area contributed by atoms with Crippen molar-refractivity contribution in [1.82, 2.24) is 4.90 Å². The van der Waals surface area contributed by atoms with Crippen molar-refractivity contribution in [2.45, 2.75) is 18.4 Å². The van der Waals surface area contributed by atoms with E-state index in [1.807, 2.05) is 36.4 Å². The Labute approximate surface area is 167 Å². The zero-order chi connectivity index (χ0) is 20.0. The molecule has 0 saturated heterocycles. The number of nitrogens with zero attached hydrogens (tertiary/aromatic N) is 1. The minimum Gasteiger partial charge on any atom is -0.479 e. The second-order valence-corrected chi connectivity index (χ2v) is 7.29. The van der Waals surface area contributed by atoms with Crippen LogP contribution in [0.2, 0.25) is 0 Å². The van der Waals surface area contributed by atoms with Gasteiger partial charge in [-0.25, -0.2) is 9.59 Å². The standard InChI is InChI=1S/C23H19NO5/c25-22(26)21-18-10-12-28-20(18)9-11-24(21)23(27)29-13-19-16-7-3-1-5-14(16)15-6-2-4-8-17(15)19/h1-8,10,12,19,21H,9,11,13H2,(H,25,26). The number of hydrogen-bond acceptors (Lipinski definition) is 4. The lowest BCUT2D eigenvalue weighted by Gasteiger charge is -2.31. The Morgan fingerprint density at radius 3 is 2.31 bits per heavy atom. The molecule has 0 saturated carbocycles. The molecule has 2 aliphatic rings. The summed E-state index contributed by atoms with van der Waals surface area (Å²) in [5.41, 5.74) is 5.04. The quantitative estimate of drug-likeness (QED) is 0.726. The first-order valence-corrected chi connectivity index (χ1v) is 9.56. The third-order valence-electron chi connectivity index (χ3n) is 5.77. The lowest BCUT2D eigenvalue weighted by molar-refractivity contribution is -0.143. The van der Waals surface area contributed by atoms with Gasteiger partial charge >= 0.3 is 12.1 Å². The smallest absolute Gasteiger partial charge is 0.410 e. The van der Waals surface area contributed by atoms with Gasteiger partial charge in [0, 0.05) is 24.4 Å². The number of carboxylic acids is 1. The monoisotopic (exact) mass is 389 g/mol. The molecule has 0 fully saturated rings. The minimum absolute atomic E-state index is 0.0658. The number of rotatable bonds is 3. The Kier molecular flexibility index (Phi) is 4.12. The van der Waals surface area contributed by atoms with E-state index in [1.165, 1.54) is 11.2 Å². The molecule has 1 aliphatic heterocycles. The molecule has 1 aromatic heterocycles. The highest BCUT2D eigenvalue weighted by molar-refractivity contribution is 5.83. The van der Waals surface area contributed by atoms with Gasteiger partial charge in [-0.1, -0.05) is 48.5 Å². The molecule has 1 amide bonds. The second-order valence-electron chi connectivity index (χ2n) is 7.29. The van der Waals surface area contributed by atoms with Crippen LogP contribution in [0.3, 0.4) is 0 Å². The van der Waals surface area contributed by atoms with Crippen molar-refractivity contribution in [2.24, 2.45) is 0 Å². The first-order valence-electron chi connectivity index (χ1n) is 9.56. The van der Waals surface area contributed by atoms with Crippen LogP contribution in [-0.2, 0) is 16.0 Å². The van der Waals surface area contributed by atoms with E-state index in [9.17, 15) is 14.7 Å². The van der Waals surface area contributed by atoms with E-state index >= 15 is 0 Å². The maximum atomic E-state index is 12.8. The van der Waals surface area contributed by atoms with Gasteiger partial charge in [-0.3, -0.25) is 4.90 Å². The fourth-order valence-electron chi connectivity index (χ4n) is 4.46. The number of hydrogen-bond donors (Lipinski definition) is 1. The van der Waals surface area contributed by atoms with Crippen molar-refractivity contribution in [1.29, 1.82) is 0 Å². The Morgan fingerprint density at radius 2 is 1.66 bits per heavy atom. The van der Waals surface area contributed by atoms with Gasteiger partial charge in [-0.05, 0) is 28.3 Å². The Bertz CT molecular complexity index is 1060. The maximum Gasteiger partial charge on any atom is 0.410 e. The van der Waals surface area contributed by atoms with Gasteiger partial charge in [-0.15, -0.1) is 0 Å². The first-order chi connectivity index (χ1) is 14.1. The van der Waals surface area contributed by atoms with Crippen LogP contribution in [0.15, 0.2) is 65.3 Å². The Hall–Kier alpha value is -3.54. The number of ether oxygens (including phenoxy) is 1. The van der Waals surface area contributed by atoms with Gasteiger partial charge in [0.15, 0.2) is 6.04 Å². The summed E-state index contributed by atoms with van der Waals surface area (Å²) >= 11 is 0. The number of carbonyl (C=O) groups excluding carboxylic acids is 1. The van der Waals surface area contributed by atoms with Crippen molar-refractivity contribution in [3.05, 3.63) is 83.3 Å². The summed E-state index contributed by atoms with van der Waals surface area (Å²) in [7, 11) is 0. The lowest BCUT2D eigenvalue weighted by atomic mass is 9.98. The SMILES string of the molecule is O=C(O)C1c2ccoc2CCN1C(=O)OCC1c2ccccc2-c2ccccc21. The molecule has 5 rings (SSSR count). The highest BCUT2D eigenvalue weighted by atomic mass is 16.6. The highest BCUT2D eigenvalue weighted by Crippen LogP contribution is 2.44. The predicted molar refractivity (Wildman–Crippen MR) is 105 cm³/mol. The van der Waals surface area contributed by atoms with Crippen molar-refractivity contribution >= 4 is 12.1 Å². The van der Waals surface area contributed by atoms with E-state index < -0.39 is 18.1 Å². The molecule has 6 heteroatoms. The van der Waals surface area contributed by atoms with Crippen molar-refractivity contribution < 1.29 is 23.8 Å². The molecule has 29 heavy (non-hydrogen) atoms. The van der Waals surface area contributed by atoms with Crippen molar-refractivity contribution in [3.63, 3.8) is 0 Å². The highest BCUT2D eigenvalue weighted by Gasteiger charge is 2.39. The van der Waals surface area contributed by atoms with Crippen LogP contribution in [0, 0.1) is 0 Å².